The third kappa shape index (κ3) is 4.73. The third-order valence-electron chi connectivity index (χ3n) is 6.94. The standard InChI is InChI=1S/C26H33N5O2S/c1-18-16-23(19(2)30(18)15-12-20-6-10-22(33-3)11-7-20)24(32)17-34-26-28-27-25(29-13-4-5-14-29)31(26)21-8-9-21/h6-7,10-11,16,21H,4-5,8-9,12-15,17H2,1-3H3. The van der Waals surface area contributed by atoms with Crippen molar-refractivity contribution in [2.75, 3.05) is 30.9 Å². The maximum atomic E-state index is 13.2. The fourth-order valence-electron chi connectivity index (χ4n) is 4.82. The lowest BCUT2D eigenvalue weighted by Crippen LogP contribution is -2.22. The molecular formula is C26H33N5O2S. The Morgan fingerprint density at radius 3 is 2.53 bits per heavy atom. The predicted molar refractivity (Wildman–Crippen MR) is 135 cm³/mol. The topological polar surface area (TPSA) is 65.2 Å². The summed E-state index contributed by atoms with van der Waals surface area (Å²) in [6.45, 7) is 7.08. The summed E-state index contributed by atoms with van der Waals surface area (Å²) in [5.41, 5.74) is 4.23. The Kier molecular flexibility index (Phi) is 6.68. The molecule has 1 saturated carbocycles. The molecule has 34 heavy (non-hydrogen) atoms. The lowest BCUT2D eigenvalue weighted by molar-refractivity contribution is 0.102. The smallest absolute Gasteiger partial charge is 0.228 e. The van der Waals surface area contributed by atoms with E-state index in [-0.39, 0.29) is 5.78 Å². The van der Waals surface area contributed by atoms with Crippen LogP contribution in [0.1, 0.15) is 59.0 Å². The Bertz CT molecular complexity index is 1160. The lowest BCUT2D eigenvalue weighted by Gasteiger charge is -2.17. The van der Waals surface area contributed by atoms with Gasteiger partial charge in [-0.05, 0) is 69.7 Å². The highest BCUT2D eigenvalue weighted by Crippen LogP contribution is 2.41. The van der Waals surface area contributed by atoms with Gasteiger partial charge in [-0.2, -0.15) is 0 Å². The van der Waals surface area contributed by atoms with Gasteiger partial charge in [-0.3, -0.25) is 9.36 Å². The van der Waals surface area contributed by atoms with E-state index in [1.54, 1.807) is 7.11 Å². The molecule has 5 rings (SSSR count). The van der Waals surface area contributed by atoms with Crippen molar-refractivity contribution in [2.45, 2.75) is 63.7 Å². The van der Waals surface area contributed by atoms with Gasteiger partial charge in [0.1, 0.15) is 5.75 Å². The normalized spacial score (nSPS) is 15.8. The van der Waals surface area contributed by atoms with Gasteiger partial charge in [-0.25, -0.2) is 0 Å². The van der Waals surface area contributed by atoms with Gasteiger partial charge in [0.25, 0.3) is 0 Å². The molecular weight excluding hydrogens is 446 g/mol. The van der Waals surface area contributed by atoms with E-state index in [0.717, 1.165) is 59.9 Å². The zero-order valence-electron chi connectivity index (χ0n) is 20.3. The molecule has 0 N–H and O–H groups in total. The molecule has 2 fully saturated rings. The van der Waals surface area contributed by atoms with Crippen LogP contribution in [0.4, 0.5) is 5.95 Å². The average molecular weight is 480 g/mol. The predicted octanol–water partition coefficient (Wildman–Crippen LogP) is 4.86. The monoisotopic (exact) mass is 479 g/mol. The number of ether oxygens (including phenoxy) is 1. The van der Waals surface area contributed by atoms with Gasteiger partial charge in [0.05, 0.1) is 12.9 Å². The molecule has 1 aromatic carbocycles. The molecule has 1 aliphatic heterocycles. The SMILES string of the molecule is COc1ccc(CCn2c(C)cc(C(=O)CSc3nnc(N4CCCC4)n3C3CC3)c2C)cc1. The number of hydrogen-bond acceptors (Lipinski definition) is 6. The molecule has 0 amide bonds. The van der Waals surface area contributed by atoms with Gasteiger partial charge in [-0.1, -0.05) is 23.9 Å². The van der Waals surface area contributed by atoms with Crippen molar-refractivity contribution in [1.29, 1.82) is 0 Å². The van der Waals surface area contributed by atoms with Crippen molar-refractivity contribution < 1.29 is 9.53 Å². The van der Waals surface area contributed by atoms with Gasteiger partial charge in [0.15, 0.2) is 10.9 Å². The van der Waals surface area contributed by atoms with Crippen LogP contribution in [0.5, 0.6) is 5.75 Å². The van der Waals surface area contributed by atoms with Crippen LogP contribution in [0.2, 0.25) is 0 Å². The first kappa shape index (κ1) is 23.0. The van der Waals surface area contributed by atoms with E-state index in [1.165, 1.54) is 43.0 Å². The van der Waals surface area contributed by atoms with Crippen LogP contribution in [0.15, 0.2) is 35.5 Å². The molecule has 3 heterocycles. The van der Waals surface area contributed by atoms with Crippen LogP contribution < -0.4 is 9.64 Å². The second kappa shape index (κ2) is 9.86. The van der Waals surface area contributed by atoms with E-state index in [4.69, 9.17) is 4.74 Å². The maximum absolute atomic E-state index is 13.2. The van der Waals surface area contributed by atoms with Crippen molar-refractivity contribution in [3.8, 4) is 5.75 Å². The molecule has 3 aromatic rings. The number of thioether (sulfide) groups is 1. The Morgan fingerprint density at radius 1 is 1.12 bits per heavy atom. The first-order valence-corrected chi connectivity index (χ1v) is 13.2. The van der Waals surface area contributed by atoms with Crippen LogP contribution in [0.25, 0.3) is 0 Å². The van der Waals surface area contributed by atoms with Crippen LogP contribution in [0, 0.1) is 13.8 Å². The van der Waals surface area contributed by atoms with Crippen molar-refractivity contribution in [3.63, 3.8) is 0 Å². The van der Waals surface area contributed by atoms with Gasteiger partial charge >= 0.3 is 0 Å². The van der Waals surface area contributed by atoms with Gasteiger partial charge < -0.3 is 14.2 Å². The number of Topliss-reactive ketones (excluding diaryl/α,β-unsaturated/α-hetero) is 1. The Hall–Kier alpha value is -2.74. The number of benzene rings is 1. The molecule has 8 heteroatoms. The fraction of sp³-hybridized carbons (Fsp3) is 0.500. The lowest BCUT2D eigenvalue weighted by atomic mass is 10.1. The number of aromatic nitrogens is 4. The average Bonchev–Trinajstić information content (AvgIpc) is 3.25. The zero-order chi connectivity index (χ0) is 23.7. The summed E-state index contributed by atoms with van der Waals surface area (Å²) in [7, 11) is 1.68. The summed E-state index contributed by atoms with van der Waals surface area (Å²) in [6.07, 6.45) is 5.69. The van der Waals surface area contributed by atoms with E-state index in [0.29, 0.717) is 11.8 Å². The Labute approximate surface area is 205 Å². The quantitative estimate of drug-likeness (QED) is 0.306. The molecule has 0 bridgehead atoms. The summed E-state index contributed by atoms with van der Waals surface area (Å²) >= 11 is 1.53. The third-order valence-corrected chi connectivity index (χ3v) is 7.88. The molecule has 1 aliphatic carbocycles. The number of rotatable bonds is 10. The van der Waals surface area contributed by atoms with E-state index in [9.17, 15) is 4.79 Å². The first-order chi connectivity index (χ1) is 16.5. The minimum atomic E-state index is 0.155. The largest absolute Gasteiger partial charge is 0.497 e. The van der Waals surface area contributed by atoms with Crippen LogP contribution in [-0.2, 0) is 13.0 Å². The minimum Gasteiger partial charge on any atom is -0.497 e. The number of carbonyl (C=O) groups excluding carboxylic acids is 1. The van der Waals surface area contributed by atoms with Crippen molar-refractivity contribution in [3.05, 3.63) is 52.8 Å². The number of aryl methyl sites for hydroxylation is 2. The van der Waals surface area contributed by atoms with E-state index in [2.05, 4.69) is 50.2 Å². The Balaban J connectivity index is 1.25. The van der Waals surface area contributed by atoms with E-state index >= 15 is 0 Å². The molecule has 180 valence electrons. The highest BCUT2D eigenvalue weighted by atomic mass is 32.2. The number of anilines is 1. The van der Waals surface area contributed by atoms with E-state index < -0.39 is 0 Å². The molecule has 7 nitrogen and oxygen atoms in total. The number of hydrogen-bond donors (Lipinski definition) is 0. The maximum Gasteiger partial charge on any atom is 0.228 e. The van der Waals surface area contributed by atoms with E-state index in [1.807, 2.05) is 18.2 Å². The van der Waals surface area contributed by atoms with Crippen LogP contribution in [0.3, 0.4) is 0 Å². The van der Waals surface area contributed by atoms with Crippen LogP contribution >= 0.6 is 11.8 Å². The number of nitrogens with zero attached hydrogens (tertiary/aromatic N) is 5. The molecule has 0 unspecified atom stereocenters. The summed E-state index contributed by atoms with van der Waals surface area (Å²) in [4.78, 5) is 15.5. The highest BCUT2D eigenvalue weighted by molar-refractivity contribution is 7.99. The number of carbonyl (C=O) groups is 1. The van der Waals surface area contributed by atoms with Crippen molar-refractivity contribution >= 4 is 23.5 Å². The first-order valence-electron chi connectivity index (χ1n) is 12.2. The molecule has 2 aliphatic rings. The summed E-state index contributed by atoms with van der Waals surface area (Å²) in [5.74, 6) is 2.40. The number of methoxy groups -OCH3 is 1. The van der Waals surface area contributed by atoms with Crippen molar-refractivity contribution in [1.82, 2.24) is 19.3 Å². The second-order valence-electron chi connectivity index (χ2n) is 9.32. The summed E-state index contributed by atoms with van der Waals surface area (Å²) in [6, 6.07) is 10.7. The summed E-state index contributed by atoms with van der Waals surface area (Å²) in [5, 5.41) is 9.86. The zero-order valence-corrected chi connectivity index (χ0v) is 21.1. The van der Waals surface area contributed by atoms with Crippen LogP contribution in [-0.4, -0.2) is 51.1 Å². The molecule has 0 spiro atoms. The second-order valence-corrected chi connectivity index (χ2v) is 10.3. The molecule has 2 aromatic heterocycles. The van der Waals surface area contributed by atoms with Crippen molar-refractivity contribution in [2.24, 2.45) is 0 Å². The molecule has 0 radical (unpaired) electrons. The van der Waals surface area contributed by atoms with Gasteiger partial charge in [0.2, 0.25) is 5.95 Å². The minimum absolute atomic E-state index is 0.155. The molecule has 1 saturated heterocycles. The molecule has 0 atom stereocenters. The fourth-order valence-corrected chi connectivity index (χ4v) is 5.71. The number of ketones is 1. The van der Waals surface area contributed by atoms with Gasteiger partial charge in [-0.15, -0.1) is 10.2 Å². The van der Waals surface area contributed by atoms with Gasteiger partial charge in [0, 0.05) is 42.6 Å². The Morgan fingerprint density at radius 2 is 1.85 bits per heavy atom. The highest BCUT2D eigenvalue weighted by Gasteiger charge is 2.32. The summed E-state index contributed by atoms with van der Waals surface area (Å²) < 4.78 is 9.78.